The van der Waals surface area contributed by atoms with Crippen LogP contribution < -0.4 is 10.6 Å². The summed E-state index contributed by atoms with van der Waals surface area (Å²) in [6.45, 7) is 0.397. The van der Waals surface area contributed by atoms with Gasteiger partial charge in [-0.2, -0.15) is 5.26 Å². The van der Waals surface area contributed by atoms with E-state index in [2.05, 4.69) is 10.6 Å². The zero-order valence-corrected chi connectivity index (χ0v) is 10.3. The molecular formula is C13H15N3O3. The van der Waals surface area contributed by atoms with Crippen LogP contribution in [0.2, 0.25) is 0 Å². The van der Waals surface area contributed by atoms with Crippen LogP contribution in [0.25, 0.3) is 0 Å². The van der Waals surface area contributed by atoms with Crippen molar-refractivity contribution >= 4 is 17.7 Å². The van der Waals surface area contributed by atoms with Gasteiger partial charge in [-0.25, -0.2) is 4.79 Å². The number of hydrogen-bond donors (Lipinski definition) is 3. The van der Waals surface area contributed by atoms with E-state index in [1.165, 1.54) is 0 Å². The summed E-state index contributed by atoms with van der Waals surface area (Å²) < 4.78 is 0. The van der Waals surface area contributed by atoms with Crippen LogP contribution in [0.15, 0.2) is 24.3 Å². The van der Waals surface area contributed by atoms with Gasteiger partial charge < -0.3 is 15.7 Å². The number of benzene rings is 1. The quantitative estimate of drug-likeness (QED) is 0.681. The zero-order chi connectivity index (χ0) is 14.1. The number of para-hydroxylation sites is 1. The summed E-state index contributed by atoms with van der Waals surface area (Å²) >= 11 is 0. The van der Waals surface area contributed by atoms with E-state index in [9.17, 15) is 9.59 Å². The van der Waals surface area contributed by atoms with E-state index in [4.69, 9.17) is 10.4 Å². The Bertz CT molecular complexity index is 494. The summed E-state index contributed by atoms with van der Waals surface area (Å²) in [6.07, 6.45) is 1.21. The topological polar surface area (TPSA) is 102 Å². The number of hydrogen-bond acceptors (Lipinski definition) is 3. The highest BCUT2D eigenvalue weighted by Gasteiger charge is 2.05. The van der Waals surface area contributed by atoms with Crippen LogP contribution in [0.4, 0.5) is 10.5 Å². The summed E-state index contributed by atoms with van der Waals surface area (Å²) in [6, 6.07) is 8.27. The summed E-state index contributed by atoms with van der Waals surface area (Å²) in [4.78, 5) is 21.8. The van der Waals surface area contributed by atoms with E-state index in [-0.39, 0.29) is 6.42 Å². The highest BCUT2D eigenvalue weighted by molar-refractivity contribution is 5.90. The molecule has 0 aliphatic heterocycles. The molecule has 0 saturated heterocycles. The minimum Gasteiger partial charge on any atom is -0.481 e. The molecule has 0 fully saturated rings. The molecule has 1 rings (SSSR count). The normalized spacial score (nSPS) is 9.42. The van der Waals surface area contributed by atoms with Crippen molar-refractivity contribution in [1.82, 2.24) is 5.32 Å². The van der Waals surface area contributed by atoms with Gasteiger partial charge in [0.1, 0.15) is 6.07 Å². The van der Waals surface area contributed by atoms with Crippen LogP contribution in [0.1, 0.15) is 24.8 Å². The molecule has 19 heavy (non-hydrogen) atoms. The lowest BCUT2D eigenvalue weighted by Gasteiger charge is -2.08. The van der Waals surface area contributed by atoms with Gasteiger partial charge in [0.2, 0.25) is 0 Å². The van der Waals surface area contributed by atoms with Crippen LogP contribution in [-0.2, 0) is 4.79 Å². The van der Waals surface area contributed by atoms with Crippen molar-refractivity contribution < 1.29 is 14.7 Å². The van der Waals surface area contributed by atoms with Gasteiger partial charge in [-0.3, -0.25) is 4.79 Å². The number of carbonyl (C=O) groups excluding carboxylic acids is 1. The third-order valence-corrected chi connectivity index (χ3v) is 2.40. The van der Waals surface area contributed by atoms with Gasteiger partial charge in [0.05, 0.1) is 11.3 Å². The first-order valence-electron chi connectivity index (χ1n) is 5.89. The Kier molecular flexibility index (Phi) is 5.89. The maximum absolute atomic E-state index is 11.5. The number of nitrogens with zero attached hydrogens (tertiary/aromatic N) is 1. The molecule has 3 N–H and O–H groups in total. The number of nitrogens with one attached hydrogen (secondary N) is 2. The lowest BCUT2D eigenvalue weighted by atomic mass is 10.2. The lowest BCUT2D eigenvalue weighted by Crippen LogP contribution is -2.29. The van der Waals surface area contributed by atoms with Gasteiger partial charge in [-0.05, 0) is 25.0 Å². The number of rotatable bonds is 6. The summed E-state index contributed by atoms with van der Waals surface area (Å²) in [5.41, 5.74) is 0.844. The van der Waals surface area contributed by atoms with Crippen molar-refractivity contribution in [3.05, 3.63) is 29.8 Å². The molecule has 6 nitrogen and oxygen atoms in total. The van der Waals surface area contributed by atoms with Crippen molar-refractivity contribution in [2.24, 2.45) is 0 Å². The largest absolute Gasteiger partial charge is 0.481 e. The van der Waals surface area contributed by atoms with Gasteiger partial charge in [0.15, 0.2) is 0 Å². The van der Waals surface area contributed by atoms with Crippen LogP contribution in [0.3, 0.4) is 0 Å². The maximum atomic E-state index is 11.5. The Labute approximate surface area is 111 Å². The number of anilines is 1. The molecule has 100 valence electrons. The molecule has 0 spiro atoms. The maximum Gasteiger partial charge on any atom is 0.319 e. The van der Waals surface area contributed by atoms with Gasteiger partial charge in [-0.15, -0.1) is 0 Å². The third-order valence-electron chi connectivity index (χ3n) is 2.40. The number of urea groups is 1. The molecule has 0 saturated carbocycles. The molecule has 0 aliphatic carbocycles. The number of carboxylic acids is 1. The first-order chi connectivity index (χ1) is 9.13. The Morgan fingerprint density at radius 2 is 2.00 bits per heavy atom. The highest BCUT2D eigenvalue weighted by atomic mass is 16.4. The molecular weight excluding hydrogens is 246 g/mol. The first kappa shape index (κ1) is 14.5. The molecule has 1 aromatic rings. The van der Waals surface area contributed by atoms with Crippen molar-refractivity contribution in [3.8, 4) is 6.07 Å². The van der Waals surface area contributed by atoms with Gasteiger partial charge in [0.25, 0.3) is 0 Å². The molecule has 0 heterocycles. The standard InChI is InChI=1S/C13H15N3O3/c14-9-10-5-1-2-6-11(10)16-13(19)15-8-4-3-7-12(17)18/h1-2,5-6H,3-4,7-8H2,(H,17,18)(H2,15,16,19). The molecule has 6 heteroatoms. The average molecular weight is 261 g/mol. The van der Waals surface area contributed by atoms with E-state index >= 15 is 0 Å². The Morgan fingerprint density at radius 1 is 1.26 bits per heavy atom. The van der Waals surface area contributed by atoms with Crippen LogP contribution in [-0.4, -0.2) is 23.7 Å². The smallest absolute Gasteiger partial charge is 0.319 e. The Morgan fingerprint density at radius 3 is 2.68 bits per heavy atom. The summed E-state index contributed by atoms with van der Waals surface area (Å²) in [5, 5.41) is 22.5. The third kappa shape index (κ3) is 5.55. The number of aliphatic carboxylic acids is 1. The second-order valence-corrected chi connectivity index (χ2v) is 3.89. The van der Waals surface area contributed by atoms with Crippen LogP contribution in [0, 0.1) is 11.3 Å². The number of amides is 2. The summed E-state index contributed by atoms with van der Waals surface area (Å²) in [5.74, 6) is -0.840. The second kappa shape index (κ2) is 7.71. The minimum atomic E-state index is -0.840. The van der Waals surface area contributed by atoms with Gasteiger partial charge in [0, 0.05) is 13.0 Å². The van der Waals surface area contributed by atoms with E-state index in [1.54, 1.807) is 24.3 Å². The van der Waals surface area contributed by atoms with Gasteiger partial charge in [-0.1, -0.05) is 12.1 Å². The van der Waals surface area contributed by atoms with Crippen molar-refractivity contribution in [3.63, 3.8) is 0 Å². The Hall–Kier alpha value is -2.55. The number of nitriles is 1. The average Bonchev–Trinajstić information content (AvgIpc) is 2.38. The van der Waals surface area contributed by atoms with E-state index in [0.717, 1.165) is 0 Å². The monoisotopic (exact) mass is 261 g/mol. The molecule has 1 aromatic carbocycles. The molecule has 0 unspecified atom stereocenters. The Balaban J connectivity index is 2.32. The highest BCUT2D eigenvalue weighted by Crippen LogP contribution is 2.12. The minimum absolute atomic E-state index is 0.0978. The van der Waals surface area contributed by atoms with Crippen molar-refractivity contribution in [2.75, 3.05) is 11.9 Å². The van der Waals surface area contributed by atoms with Crippen molar-refractivity contribution in [1.29, 1.82) is 5.26 Å². The second-order valence-electron chi connectivity index (χ2n) is 3.89. The number of unbranched alkanes of at least 4 members (excludes halogenated alkanes) is 1. The predicted octanol–water partition coefficient (Wildman–Crippen LogP) is 1.93. The van der Waals surface area contributed by atoms with E-state index in [0.29, 0.717) is 30.6 Å². The molecule has 0 aromatic heterocycles. The molecule has 0 aliphatic rings. The van der Waals surface area contributed by atoms with Crippen molar-refractivity contribution in [2.45, 2.75) is 19.3 Å². The van der Waals surface area contributed by atoms with Crippen LogP contribution in [0.5, 0.6) is 0 Å². The fourth-order valence-electron chi connectivity index (χ4n) is 1.46. The molecule has 0 atom stereocenters. The predicted molar refractivity (Wildman–Crippen MR) is 69.7 cm³/mol. The summed E-state index contributed by atoms with van der Waals surface area (Å²) in [7, 11) is 0. The number of carboxylic acid groups (broad SMARTS) is 1. The van der Waals surface area contributed by atoms with Crippen LogP contribution >= 0.6 is 0 Å². The molecule has 0 bridgehead atoms. The zero-order valence-electron chi connectivity index (χ0n) is 10.3. The SMILES string of the molecule is N#Cc1ccccc1NC(=O)NCCCCC(=O)O. The van der Waals surface area contributed by atoms with Gasteiger partial charge >= 0.3 is 12.0 Å². The molecule has 0 radical (unpaired) electrons. The molecule has 2 amide bonds. The van der Waals surface area contributed by atoms with E-state index < -0.39 is 12.0 Å². The van der Waals surface area contributed by atoms with E-state index in [1.807, 2.05) is 6.07 Å². The number of carbonyl (C=O) groups is 2. The first-order valence-corrected chi connectivity index (χ1v) is 5.89. The fraction of sp³-hybridized carbons (Fsp3) is 0.308. The lowest BCUT2D eigenvalue weighted by molar-refractivity contribution is -0.137. The fourth-order valence-corrected chi connectivity index (χ4v) is 1.46.